The number of carbonyl (C=O) groups is 2. The predicted octanol–water partition coefficient (Wildman–Crippen LogP) is 3.70. The van der Waals surface area contributed by atoms with Crippen molar-refractivity contribution in [1.29, 1.82) is 0 Å². The molecule has 1 atom stereocenters. The van der Waals surface area contributed by atoms with Crippen LogP contribution in [0.4, 0.5) is 0 Å². The molecule has 1 aliphatic heterocycles. The molecule has 0 N–H and O–H groups in total. The minimum Gasteiger partial charge on any atom is -0.490 e. The second-order valence-electron chi connectivity index (χ2n) is 9.20. The van der Waals surface area contributed by atoms with Crippen LogP contribution in [0.5, 0.6) is 17.2 Å². The van der Waals surface area contributed by atoms with E-state index in [1.165, 1.54) is 15.9 Å². The van der Waals surface area contributed by atoms with Gasteiger partial charge in [-0.2, -0.15) is 0 Å². The van der Waals surface area contributed by atoms with E-state index in [1.807, 2.05) is 6.92 Å². The number of thiazole rings is 1. The van der Waals surface area contributed by atoms with Crippen LogP contribution in [0.3, 0.4) is 0 Å². The summed E-state index contributed by atoms with van der Waals surface area (Å²) in [6.07, 6.45) is 3.38. The SMILES string of the molecule is C=CCOc1ccc(C2C(C(=O)OCC)=C(C)N=c3s/c(=C/c4ccc(OCC(=O)OCC)cc4)c(=O)n32)cc1OCC. The summed E-state index contributed by atoms with van der Waals surface area (Å²) < 4.78 is 29.3. The fourth-order valence-corrected chi connectivity index (χ4v) is 5.54. The maximum absolute atomic E-state index is 13.9. The normalized spacial score (nSPS) is 14.4. The van der Waals surface area contributed by atoms with Gasteiger partial charge in [0, 0.05) is 0 Å². The molecule has 226 valence electrons. The highest BCUT2D eigenvalue weighted by Gasteiger charge is 2.34. The van der Waals surface area contributed by atoms with Gasteiger partial charge in [0.05, 0.1) is 41.7 Å². The van der Waals surface area contributed by atoms with Crippen LogP contribution in [0.2, 0.25) is 0 Å². The Morgan fingerprint density at radius 1 is 0.977 bits per heavy atom. The van der Waals surface area contributed by atoms with E-state index in [2.05, 4.69) is 11.6 Å². The average Bonchev–Trinajstić information content (AvgIpc) is 3.29. The van der Waals surface area contributed by atoms with E-state index in [0.717, 1.165) is 5.56 Å². The molecule has 0 spiro atoms. The van der Waals surface area contributed by atoms with Crippen LogP contribution in [-0.2, 0) is 19.1 Å². The topological polar surface area (TPSA) is 115 Å². The Hall–Kier alpha value is -4.64. The highest BCUT2D eigenvalue weighted by atomic mass is 32.1. The second-order valence-corrected chi connectivity index (χ2v) is 10.2. The van der Waals surface area contributed by atoms with E-state index in [0.29, 0.717) is 51.1 Å². The lowest BCUT2D eigenvalue weighted by Gasteiger charge is -2.25. The van der Waals surface area contributed by atoms with E-state index in [1.54, 1.807) is 75.4 Å². The number of fused-ring (bicyclic) bond motifs is 1. The van der Waals surface area contributed by atoms with Crippen LogP contribution < -0.4 is 29.1 Å². The van der Waals surface area contributed by atoms with E-state index in [9.17, 15) is 14.4 Å². The minimum atomic E-state index is -0.802. The lowest BCUT2D eigenvalue weighted by molar-refractivity contribution is -0.145. The maximum atomic E-state index is 13.9. The first kappa shape index (κ1) is 31.3. The smallest absolute Gasteiger partial charge is 0.344 e. The molecule has 0 radical (unpaired) electrons. The summed E-state index contributed by atoms with van der Waals surface area (Å²) in [6, 6.07) is 11.5. The molecule has 10 nitrogen and oxygen atoms in total. The fraction of sp³-hybridized carbons (Fsp3) is 0.312. The zero-order chi connectivity index (χ0) is 30.9. The first-order valence-corrected chi connectivity index (χ1v) is 14.7. The van der Waals surface area contributed by atoms with Crippen LogP contribution in [0.25, 0.3) is 6.08 Å². The number of benzene rings is 2. The summed E-state index contributed by atoms with van der Waals surface area (Å²) in [5, 5.41) is 0. The van der Waals surface area contributed by atoms with E-state index >= 15 is 0 Å². The molecule has 3 aromatic rings. The van der Waals surface area contributed by atoms with Gasteiger partial charge >= 0.3 is 11.9 Å². The number of esters is 2. The highest BCUT2D eigenvalue weighted by Crippen LogP contribution is 2.36. The molecule has 0 amide bonds. The third kappa shape index (κ3) is 7.23. The Morgan fingerprint density at radius 3 is 2.40 bits per heavy atom. The Bertz CT molecular complexity index is 1700. The van der Waals surface area contributed by atoms with E-state index in [-0.39, 0.29) is 31.0 Å². The number of carbonyl (C=O) groups excluding carboxylic acids is 2. The summed E-state index contributed by atoms with van der Waals surface area (Å²) in [5.41, 5.74) is 1.81. The Kier molecular flexibility index (Phi) is 10.6. The lowest BCUT2D eigenvalue weighted by atomic mass is 9.95. The van der Waals surface area contributed by atoms with Crippen molar-refractivity contribution >= 4 is 29.4 Å². The Morgan fingerprint density at radius 2 is 1.72 bits per heavy atom. The summed E-state index contributed by atoms with van der Waals surface area (Å²) >= 11 is 1.22. The minimum absolute atomic E-state index is 0.171. The van der Waals surface area contributed by atoms with Crippen molar-refractivity contribution in [3.63, 3.8) is 0 Å². The largest absolute Gasteiger partial charge is 0.490 e. The number of hydrogen-bond acceptors (Lipinski definition) is 10. The van der Waals surface area contributed by atoms with Gasteiger partial charge in [0.2, 0.25) is 0 Å². The zero-order valence-corrected chi connectivity index (χ0v) is 25.4. The van der Waals surface area contributed by atoms with Gasteiger partial charge in [0.25, 0.3) is 5.56 Å². The first-order chi connectivity index (χ1) is 20.8. The summed E-state index contributed by atoms with van der Waals surface area (Å²) in [5.74, 6) is 0.489. The molecule has 1 aromatic heterocycles. The van der Waals surface area contributed by atoms with E-state index < -0.39 is 18.0 Å². The molecule has 0 fully saturated rings. The maximum Gasteiger partial charge on any atom is 0.344 e. The fourth-order valence-electron chi connectivity index (χ4n) is 4.49. The quantitative estimate of drug-likeness (QED) is 0.214. The van der Waals surface area contributed by atoms with Crippen molar-refractivity contribution in [1.82, 2.24) is 4.57 Å². The molecule has 4 rings (SSSR count). The highest BCUT2D eigenvalue weighted by molar-refractivity contribution is 7.07. The molecule has 43 heavy (non-hydrogen) atoms. The molecular formula is C32H34N2O8S. The van der Waals surface area contributed by atoms with Crippen LogP contribution >= 0.6 is 11.3 Å². The summed E-state index contributed by atoms with van der Waals surface area (Å²) in [6.45, 7) is 11.7. The van der Waals surface area contributed by atoms with E-state index in [4.69, 9.17) is 23.7 Å². The number of aromatic nitrogens is 1. The monoisotopic (exact) mass is 606 g/mol. The van der Waals surface area contributed by atoms with Gasteiger partial charge in [0.15, 0.2) is 22.9 Å². The zero-order valence-electron chi connectivity index (χ0n) is 24.6. The lowest BCUT2D eigenvalue weighted by Crippen LogP contribution is -2.40. The molecule has 2 aromatic carbocycles. The number of rotatable bonds is 13. The molecule has 0 aliphatic carbocycles. The average molecular weight is 607 g/mol. The van der Waals surface area contributed by atoms with Crippen molar-refractivity contribution < 1.29 is 33.3 Å². The molecule has 1 unspecified atom stereocenters. The van der Waals surface area contributed by atoms with Gasteiger partial charge in [-0.05, 0) is 69.2 Å². The molecule has 2 heterocycles. The third-order valence-corrected chi connectivity index (χ3v) is 7.28. The molecule has 11 heteroatoms. The molecule has 0 bridgehead atoms. The van der Waals surface area contributed by atoms with Gasteiger partial charge in [-0.25, -0.2) is 14.6 Å². The third-order valence-electron chi connectivity index (χ3n) is 6.30. The van der Waals surface area contributed by atoms with Crippen LogP contribution in [0.1, 0.15) is 44.9 Å². The van der Waals surface area contributed by atoms with Crippen molar-refractivity contribution in [2.24, 2.45) is 4.99 Å². The van der Waals surface area contributed by atoms with Gasteiger partial charge < -0.3 is 23.7 Å². The van der Waals surface area contributed by atoms with Gasteiger partial charge in [-0.15, -0.1) is 0 Å². The Labute approximate surface area is 253 Å². The van der Waals surface area contributed by atoms with Crippen molar-refractivity contribution in [2.45, 2.75) is 33.7 Å². The summed E-state index contributed by atoms with van der Waals surface area (Å²) in [4.78, 5) is 43.8. The molecular weight excluding hydrogens is 572 g/mol. The van der Waals surface area contributed by atoms with Crippen molar-refractivity contribution in [3.05, 3.63) is 97.2 Å². The number of nitrogens with zero attached hydrogens (tertiary/aromatic N) is 2. The van der Waals surface area contributed by atoms with Crippen molar-refractivity contribution in [3.8, 4) is 17.2 Å². The standard InChI is InChI=1S/C32H34N2O8S/c1-6-16-41-24-15-12-22(18-25(24)38-7-2)29-28(31(37)40-9-4)20(5)33-32-34(29)30(36)26(43-32)17-21-10-13-23(14-11-21)42-19-27(35)39-8-3/h6,10-15,17-18,29H,1,7-9,16,19H2,2-5H3/b26-17+. The van der Waals surface area contributed by atoms with Crippen LogP contribution in [0, 0.1) is 0 Å². The van der Waals surface area contributed by atoms with Gasteiger partial charge in [-0.3, -0.25) is 9.36 Å². The first-order valence-electron chi connectivity index (χ1n) is 13.9. The predicted molar refractivity (Wildman–Crippen MR) is 162 cm³/mol. The Balaban J connectivity index is 1.78. The number of hydrogen-bond donors (Lipinski definition) is 0. The molecule has 0 saturated heterocycles. The van der Waals surface area contributed by atoms with Crippen LogP contribution in [0.15, 0.2) is 76.2 Å². The van der Waals surface area contributed by atoms with Crippen molar-refractivity contribution in [2.75, 3.05) is 33.0 Å². The number of allylic oxidation sites excluding steroid dienone is 1. The summed E-state index contributed by atoms with van der Waals surface area (Å²) in [7, 11) is 0. The van der Waals surface area contributed by atoms with Gasteiger partial charge in [-0.1, -0.05) is 42.2 Å². The molecule has 1 aliphatic rings. The number of ether oxygens (including phenoxy) is 5. The second kappa shape index (κ2) is 14.5. The van der Waals surface area contributed by atoms with Gasteiger partial charge in [0.1, 0.15) is 12.4 Å². The molecule has 0 saturated carbocycles. The van der Waals surface area contributed by atoms with Crippen LogP contribution in [-0.4, -0.2) is 49.5 Å².